The molecule has 0 aromatic heterocycles. The number of hydrogen-bond acceptors (Lipinski definition) is 4. The molecule has 0 aliphatic carbocycles. The number of alkyl halides is 2. The van der Waals surface area contributed by atoms with E-state index in [2.05, 4.69) is 0 Å². The van der Waals surface area contributed by atoms with Crippen molar-refractivity contribution in [1.29, 1.82) is 0 Å². The van der Waals surface area contributed by atoms with E-state index in [1.165, 1.54) is 0 Å². The second-order valence-electron chi connectivity index (χ2n) is 3.14. The summed E-state index contributed by atoms with van der Waals surface area (Å²) < 4.78 is 26.0. The number of aromatic hydroxyl groups is 2. The van der Waals surface area contributed by atoms with Gasteiger partial charge in [0.1, 0.15) is 24.1 Å². The van der Waals surface area contributed by atoms with Gasteiger partial charge in [0.25, 0.3) is 5.92 Å². The molecule has 7 heteroatoms. The Kier molecular flexibility index (Phi) is 4.92. The Labute approximate surface area is 96.7 Å². The monoisotopic (exact) mass is 255 g/mol. The number of aliphatic hydroxyl groups excluding tert-OH is 1. The van der Waals surface area contributed by atoms with Crippen molar-refractivity contribution >= 4 is 12.4 Å². The number of phenolic OH excluding ortho intramolecular Hbond substituents is 2. The lowest BCUT2D eigenvalue weighted by Crippen LogP contribution is -2.36. The average molecular weight is 256 g/mol. The number of phenols is 2. The van der Waals surface area contributed by atoms with E-state index in [0.717, 1.165) is 18.2 Å². The van der Waals surface area contributed by atoms with Crippen LogP contribution in [0.3, 0.4) is 0 Å². The second kappa shape index (κ2) is 5.29. The van der Waals surface area contributed by atoms with Crippen molar-refractivity contribution < 1.29 is 24.1 Å². The Morgan fingerprint density at radius 2 is 1.88 bits per heavy atom. The van der Waals surface area contributed by atoms with E-state index in [1.807, 2.05) is 0 Å². The Morgan fingerprint density at radius 1 is 1.31 bits per heavy atom. The second-order valence-corrected chi connectivity index (χ2v) is 3.14. The van der Waals surface area contributed by atoms with Crippen molar-refractivity contribution in [3.63, 3.8) is 0 Å². The lowest BCUT2D eigenvalue weighted by atomic mass is 10.0. The largest absolute Gasteiger partial charge is 0.508 e. The molecule has 1 atom stereocenters. The molecule has 0 unspecified atom stereocenters. The van der Waals surface area contributed by atoms with Crippen LogP contribution in [0, 0.1) is 0 Å². The fourth-order valence-corrected chi connectivity index (χ4v) is 1.12. The minimum absolute atomic E-state index is 0. The third kappa shape index (κ3) is 2.94. The van der Waals surface area contributed by atoms with Crippen molar-refractivity contribution in [2.45, 2.75) is 12.0 Å². The van der Waals surface area contributed by atoms with Crippen LogP contribution in [0.15, 0.2) is 18.2 Å². The Hall–Kier alpha value is -1.11. The normalized spacial score (nSPS) is 13.0. The van der Waals surface area contributed by atoms with E-state index >= 15 is 0 Å². The van der Waals surface area contributed by atoms with Gasteiger partial charge in [-0.15, -0.1) is 12.4 Å². The Bertz CT molecular complexity index is 363. The topological polar surface area (TPSA) is 86.7 Å². The summed E-state index contributed by atoms with van der Waals surface area (Å²) in [4.78, 5) is 0. The molecule has 0 aliphatic heterocycles. The van der Waals surface area contributed by atoms with E-state index in [-0.39, 0.29) is 23.7 Å². The standard InChI is InChI=1S/C9H11F2NO3.ClH/c10-9(11,4-13)8(12)6-3-5(14)1-2-7(6)15;/h1-3,8,13-15H,4,12H2;1H/t8-;/m1./s1. The molecule has 0 amide bonds. The molecule has 92 valence electrons. The number of aliphatic hydroxyl groups is 1. The molecule has 1 aromatic rings. The van der Waals surface area contributed by atoms with Gasteiger partial charge in [-0.3, -0.25) is 0 Å². The fraction of sp³-hybridized carbons (Fsp3) is 0.333. The van der Waals surface area contributed by atoms with E-state index in [1.54, 1.807) is 0 Å². The van der Waals surface area contributed by atoms with Gasteiger partial charge in [0.15, 0.2) is 0 Å². The fourth-order valence-electron chi connectivity index (χ4n) is 1.12. The molecule has 0 saturated heterocycles. The molecule has 5 N–H and O–H groups in total. The highest BCUT2D eigenvalue weighted by molar-refractivity contribution is 5.85. The maximum Gasteiger partial charge on any atom is 0.289 e. The predicted octanol–water partition coefficient (Wildman–Crippen LogP) is 1.15. The van der Waals surface area contributed by atoms with Gasteiger partial charge in [0.05, 0.1) is 0 Å². The first-order valence-corrected chi connectivity index (χ1v) is 4.14. The van der Waals surface area contributed by atoms with Crippen LogP contribution in [-0.2, 0) is 0 Å². The third-order valence-corrected chi connectivity index (χ3v) is 2.01. The van der Waals surface area contributed by atoms with Crippen LogP contribution in [0.5, 0.6) is 11.5 Å². The van der Waals surface area contributed by atoms with Gasteiger partial charge in [-0.1, -0.05) is 0 Å². The van der Waals surface area contributed by atoms with Gasteiger partial charge in [-0.2, -0.15) is 0 Å². The first-order valence-electron chi connectivity index (χ1n) is 4.14. The van der Waals surface area contributed by atoms with Crippen LogP contribution in [0.25, 0.3) is 0 Å². The van der Waals surface area contributed by atoms with Crippen LogP contribution in [0.1, 0.15) is 11.6 Å². The van der Waals surface area contributed by atoms with Crippen LogP contribution in [0.2, 0.25) is 0 Å². The van der Waals surface area contributed by atoms with Crippen molar-refractivity contribution in [1.82, 2.24) is 0 Å². The minimum Gasteiger partial charge on any atom is -0.508 e. The van der Waals surface area contributed by atoms with Gasteiger partial charge in [0.2, 0.25) is 0 Å². The Morgan fingerprint density at radius 3 is 2.38 bits per heavy atom. The van der Waals surface area contributed by atoms with Crippen molar-refractivity contribution in [2.24, 2.45) is 5.73 Å². The van der Waals surface area contributed by atoms with Crippen molar-refractivity contribution in [3.8, 4) is 11.5 Å². The minimum atomic E-state index is -3.55. The lowest BCUT2D eigenvalue weighted by molar-refractivity contribution is -0.0716. The summed E-state index contributed by atoms with van der Waals surface area (Å²) in [5.41, 5.74) is 4.86. The molecular formula is C9H12ClF2NO3. The van der Waals surface area contributed by atoms with E-state index in [0.29, 0.717) is 0 Å². The summed E-state index contributed by atoms with van der Waals surface area (Å²) in [5, 5.41) is 26.7. The van der Waals surface area contributed by atoms with E-state index < -0.39 is 24.3 Å². The van der Waals surface area contributed by atoms with Crippen LogP contribution in [-0.4, -0.2) is 27.8 Å². The zero-order valence-corrected chi connectivity index (χ0v) is 8.92. The zero-order valence-electron chi connectivity index (χ0n) is 8.10. The van der Waals surface area contributed by atoms with Crippen molar-refractivity contribution in [3.05, 3.63) is 23.8 Å². The number of nitrogens with two attached hydrogens (primary N) is 1. The van der Waals surface area contributed by atoms with Crippen molar-refractivity contribution in [2.75, 3.05) is 6.61 Å². The molecule has 4 nitrogen and oxygen atoms in total. The third-order valence-electron chi connectivity index (χ3n) is 2.01. The maximum atomic E-state index is 13.0. The number of halogens is 3. The highest BCUT2D eigenvalue weighted by Crippen LogP contribution is 2.35. The molecule has 0 fully saturated rings. The molecule has 0 radical (unpaired) electrons. The average Bonchev–Trinajstić information content (AvgIpc) is 2.20. The SMILES string of the molecule is Cl.N[C@H](c1cc(O)ccc1O)C(F)(F)CO. The summed E-state index contributed by atoms with van der Waals surface area (Å²) in [6, 6.07) is 1.26. The first-order chi connectivity index (χ1) is 6.88. The van der Waals surface area contributed by atoms with Crippen LogP contribution in [0.4, 0.5) is 8.78 Å². The van der Waals surface area contributed by atoms with Gasteiger partial charge < -0.3 is 21.1 Å². The lowest BCUT2D eigenvalue weighted by Gasteiger charge is -2.22. The summed E-state index contributed by atoms with van der Waals surface area (Å²) in [6.45, 7) is -1.43. The quantitative estimate of drug-likeness (QED) is 0.610. The van der Waals surface area contributed by atoms with E-state index in [4.69, 9.17) is 15.9 Å². The van der Waals surface area contributed by atoms with Crippen LogP contribution < -0.4 is 5.73 Å². The van der Waals surface area contributed by atoms with Crippen LogP contribution >= 0.6 is 12.4 Å². The Balaban J connectivity index is 0.00000225. The van der Waals surface area contributed by atoms with Gasteiger partial charge in [-0.25, -0.2) is 8.78 Å². The summed E-state index contributed by atoms with van der Waals surface area (Å²) >= 11 is 0. The predicted molar refractivity (Wildman–Crippen MR) is 56.0 cm³/mol. The highest BCUT2D eigenvalue weighted by atomic mass is 35.5. The number of hydrogen-bond donors (Lipinski definition) is 4. The molecule has 0 aliphatic rings. The molecular weight excluding hydrogens is 244 g/mol. The molecule has 0 saturated carbocycles. The number of rotatable bonds is 3. The van der Waals surface area contributed by atoms with Gasteiger partial charge >= 0.3 is 0 Å². The highest BCUT2D eigenvalue weighted by Gasteiger charge is 2.38. The first kappa shape index (κ1) is 14.9. The molecule has 0 heterocycles. The molecule has 0 spiro atoms. The van der Waals surface area contributed by atoms with Gasteiger partial charge in [0, 0.05) is 5.56 Å². The van der Waals surface area contributed by atoms with Gasteiger partial charge in [-0.05, 0) is 18.2 Å². The molecule has 1 aromatic carbocycles. The summed E-state index contributed by atoms with van der Waals surface area (Å²) in [6.07, 6.45) is 0. The maximum absolute atomic E-state index is 13.0. The zero-order chi connectivity index (χ0) is 11.6. The molecule has 0 bridgehead atoms. The number of benzene rings is 1. The van der Waals surface area contributed by atoms with E-state index in [9.17, 15) is 13.9 Å². The summed E-state index contributed by atoms with van der Waals surface area (Å²) in [7, 11) is 0. The molecule has 16 heavy (non-hydrogen) atoms. The molecule has 1 rings (SSSR count). The smallest absolute Gasteiger partial charge is 0.289 e. The summed E-state index contributed by atoms with van der Waals surface area (Å²) in [5.74, 6) is -4.29.